The van der Waals surface area contributed by atoms with Crippen molar-refractivity contribution in [3.63, 3.8) is 0 Å². The molecule has 0 aliphatic heterocycles. The average molecular weight is 318 g/mol. The van der Waals surface area contributed by atoms with Gasteiger partial charge in [-0.3, -0.25) is 0 Å². The third kappa shape index (κ3) is 3.46. The number of ether oxygens (including phenoxy) is 1. The lowest BCUT2D eigenvalue weighted by atomic mass is 9.76. The molecule has 2 rings (SSSR count). The summed E-state index contributed by atoms with van der Waals surface area (Å²) < 4.78 is 5.65. The van der Waals surface area contributed by atoms with E-state index in [0.717, 1.165) is 17.9 Å². The quantitative estimate of drug-likeness (QED) is 0.721. The van der Waals surface area contributed by atoms with E-state index >= 15 is 0 Å². The molecule has 0 amide bonds. The summed E-state index contributed by atoms with van der Waals surface area (Å²) in [5.74, 6) is 0. The monoisotopic (exact) mass is 316 g/mol. The first-order valence-corrected chi connectivity index (χ1v) is 7.37. The van der Waals surface area contributed by atoms with Crippen LogP contribution in [0.5, 0.6) is 0 Å². The molecule has 1 aliphatic carbocycles. The normalized spacial score (nSPS) is 19.7. The molecule has 1 unspecified atom stereocenters. The van der Waals surface area contributed by atoms with Crippen molar-refractivity contribution in [2.24, 2.45) is 0 Å². The van der Waals surface area contributed by atoms with Crippen LogP contribution in [0.4, 0.5) is 0 Å². The standard InChI is InChI=1S/C14H18BrClO/c1-17-14(6-3-7-14)10-12(15)8-11-4-2-5-13(16)9-11/h2,4-5,9,12H,3,6-8,10H2,1H3. The van der Waals surface area contributed by atoms with Gasteiger partial charge < -0.3 is 4.74 Å². The van der Waals surface area contributed by atoms with Crippen LogP contribution in [0.25, 0.3) is 0 Å². The van der Waals surface area contributed by atoms with Crippen molar-refractivity contribution in [1.29, 1.82) is 0 Å². The number of halogens is 2. The summed E-state index contributed by atoms with van der Waals surface area (Å²) in [6, 6.07) is 8.08. The number of alkyl halides is 1. The van der Waals surface area contributed by atoms with E-state index in [1.165, 1.54) is 24.8 Å². The fraction of sp³-hybridized carbons (Fsp3) is 0.571. The maximum Gasteiger partial charge on any atom is 0.0689 e. The Morgan fingerprint density at radius 2 is 2.24 bits per heavy atom. The second-order valence-corrected chi connectivity index (χ2v) is 6.61. The van der Waals surface area contributed by atoms with Gasteiger partial charge in [-0.25, -0.2) is 0 Å². The Morgan fingerprint density at radius 3 is 2.76 bits per heavy atom. The SMILES string of the molecule is COC1(CC(Br)Cc2cccc(Cl)c2)CCC1. The summed E-state index contributed by atoms with van der Waals surface area (Å²) >= 11 is 9.75. The van der Waals surface area contributed by atoms with Crippen LogP contribution in [-0.2, 0) is 11.2 Å². The van der Waals surface area contributed by atoms with Crippen LogP contribution in [0.15, 0.2) is 24.3 Å². The van der Waals surface area contributed by atoms with Gasteiger partial charge in [-0.1, -0.05) is 39.7 Å². The molecular weight excluding hydrogens is 300 g/mol. The highest BCUT2D eigenvalue weighted by molar-refractivity contribution is 9.09. The van der Waals surface area contributed by atoms with Gasteiger partial charge in [0.2, 0.25) is 0 Å². The van der Waals surface area contributed by atoms with Crippen LogP contribution in [-0.4, -0.2) is 17.5 Å². The largest absolute Gasteiger partial charge is 0.378 e. The van der Waals surface area contributed by atoms with Crippen LogP contribution in [0.3, 0.4) is 0 Å². The minimum Gasteiger partial charge on any atom is -0.378 e. The molecule has 0 N–H and O–H groups in total. The summed E-state index contributed by atoms with van der Waals surface area (Å²) in [6.45, 7) is 0. The van der Waals surface area contributed by atoms with Crippen molar-refractivity contribution in [3.8, 4) is 0 Å². The zero-order valence-corrected chi connectivity index (χ0v) is 12.4. The minimum absolute atomic E-state index is 0.132. The number of hydrogen-bond donors (Lipinski definition) is 0. The van der Waals surface area contributed by atoms with Crippen LogP contribution < -0.4 is 0 Å². The molecule has 0 radical (unpaired) electrons. The lowest BCUT2D eigenvalue weighted by molar-refractivity contribution is -0.0770. The molecule has 1 nitrogen and oxygen atoms in total. The van der Waals surface area contributed by atoms with Gasteiger partial charge in [0.25, 0.3) is 0 Å². The molecule has 17 heavy (non-hydrogen) atoms. The highest BCUT2D eigenvalue weighted by Gasteiger charge is 2.38. The molecule has 1 aromatic rings. The number of rotatable bonds is 5. The number of methoxy groups -OCH3 is 1. The van der Waals surface area contributed by atoms with E-state index in [9.17, 15) is 0 Å². The van der Waals surface area contributed by atoms with E-state index in [2.05, 4.69) is 22.0 Å². The maximum absolute atomic E-state index is 5.99. The van der Waals surface area contributed by atoms with Crippen molar-refractivity contribution in [2.75, 3.05) is 7.11 Å². The molecule has 0 aromatic heterocycles. The molecule has 0 bridgehead atoms. The Balaban J connectivity index is 1.90. The van der Waals surface area contributed by atoms with Crippen molar-refractivity contribution >= 4 is 27.5 Å². The van der Waals surface area contributed by atoms with Crippen molar-refractivity contribution in [1.82, 2.24) is 0 Å². The van der Waals surface area contributed by atoms with Gasteiger partial charge >= 0.3 is 0 Å². The first kappa shape index (κ1) is 13.4. The van der Waals surface area contributed by atoms with Crippen molar-refractivity contribution in [3.05, 3.63) is 34.9 Å². The fourth-order valence-electron chi connectivity index (χ4n) is 2.46. The molecule has 94 valence electrons. The molecular formula is C14H18BrClO. The van der Waals surface area contributed by atoms with Gasteiger partial charge in [-0.15, -0.1) is 0 Å². The van der Waals surface area contributed by atoms with Gasteiger partial charge in [0, 0.05) is 17.0 Å². The predicted molar refractivity (Wildman–Crippen MR) is 76.1 cm³/mol. The average Bonchev–Trinajstić information content (AvgIpc) is 2.23. The second-order valence-electron chi connectivity index (χ2n) is 4.88. The van der Waals surface area contributed by atoms with E-state index in [-0.39, 0.29) is 5.60 Å². The fourth-order valence-corrected chi connectivity index (χ4v) is 3.63. The molecule has 0 saturated heterocycles. The van der Waals surface area contributed by atoms with E-state index in [1.807, 2.05) is 25.3 Å². The van der Waals surface area contributed by atoms with Gasteiger partial charge in [-0.05, 0) is 49.8 Å². The van der Waals surface area contributed by atoms with Crippen LogP contribution in [0.2, 0.25) is 5.02 Å². The highest BCUT2D eigenvalue weighted by Crippen LogP contribution is 2.40. The molecule has 1 aliphatic rings. The maximum atomic E-state index is 5.99. The first-order valence-electron chi connectivity index (χ1n) is 6.07. The molecule has 1 fully saturated rings. The van der Waals surface area contributed by atoms with E-state index in [0.29, 0.717) is 4.83 Å². The Bertz CT molecular complexity index is 371. The molecule has 0 heterocycles. The van der Waals surface area contributed by atoms with Gasteiger partial charge in [0.1, 0.15) is 0 Å². The van der Waals surface area contributed by atoms with E-state index in [4.69, 9.17) is 16.3 Å². The lowest BCUT2D eigenvalue weighted by Gasteiger charge is -2.42. The topological polar surface area (TPSA) is 9.23 Å². The Kier molecular flexibility index (Phi) is 4.51. The van der Waals surface area contributed by atoms with Crippen molar-refractivity contribution in [2.45, 2.75) is 42.5 Å². The Hall–Kier alpha value is -0.0500. The lowest BCUT2D eigenvalue weighted by Crippen LogP contribution is -2.41. The second kappa shape index (κ2) is 5.73. The molecule has 1 aromatic carbocycles. The minimum atomic E-state index is 0.132. The van der Waals surface area contributed by atoms with Gasteiger partial charge in [0.05, 0.1) is 5.60 Å². The van der Waals surface area contributed by atoms with Crippen LogP contribution >= 0.6 is 27.5 Å². The third-order valence-electron chi connectivity index (χ3n) is 3.64. The predicted octanol–water partition coefficient (Wildman–Crippen LogP) is 4.61. The summed E-state index contributed by atoms with van der Waals surface area (Å²) in [6.07, 6.45) is 5.77. The zero-order chi connectivity index (χ0) is 12.3. The number of benzene rings is 1. The van der Waals surface area contributed by atoms with Gasteiger partial charge in [-0.2, -0.15) is 0 Å². The highest BCUT2D eigenvalue weighted by atomic mass is 79.9. The summed E-state index contributed by atoms with van der Waals surface area (Å²) in [4.78, 5) is 0.459. The van der Waals surface area contributed by atoms with Gasteiger partial charge in [0.15, 0.2) is 0 Å². The summed E-state index contributed by atoms with van der Waals surface area (Å²) in [5, 5.41) is 0.812. The number of hydrogen-bond acceptors (Lipinski definition) is 1. The van der Waals surface area contributed by atoms with E-state index in [1.54, 1.807) is 0 Å². The Labute approximate surface area is 117 Å². The Morgan fingerprint density at radius 1 is 1.47 bits per heavy atom. The molecule has 1 saturated carbocycles. The van der Waals surface area contributed by atoms with Crippen LogP contribution in [0, 0.1) is 0 Å². The first-order chi connectivity index (χ1) is 8.13. The smallest absolute Gasteiger partial charge is 0.0689 e. The van der Waals surface area contributed by atoms with Crippen molar-refractivity contribution < 1.29 is 4.74 Å². The molecule has 0 spiro atoms. The summed E-state index contributed by atoms with van der Waals surface area (Å²) in [7, 11) is 1.83. The van der Waals surface area contributed by atoms with Crippen LogP contribution in [0.1, 0.15) is 31.2 Å². The van der Waals surface area contributed by atoms with E-state index < -0.39 is 0 Å². The molecule has 1 atom stereocenters. The molecule has 3 heteroatoms. The zero-order valence-electron chi connectivity index (χ0n) is 10.1. The third-order valence-corrected chi connectivity index (χ3v) is 4.52. The summed E-state index contributed by atoms with van der Waals surface area (Å²) in [5.41, 5.74) is 1.41.